The number of nitrogens with one attached hydrogen (secondary N) is 1. The van der Waals surface area contributed by atoms with E-state index in [9.17, 15) is 4.79 Å². The summed E-state index contributed by atoms with van der Waals surface area (Å²) in [6.07, 6.45) is 4.07. The van der Waals surface area contributed by atoms with Gasteiger partial charge in [0.1, 0.15) is 5.02 Å². The van der Waals surface area contributed by atoms with E-state index in [1.54, 1.807) is 6.20 Å². The molecule has 1 aromatic heterocycles. The second kappa shape index (κ2) is 5.71. The van der Waals surface area contributed by atoms with Crippen LogP contribution in [0.15, 0.2) is 11.0 Å². The van der Waals surface area contributed by atoms with Gasteiger partial charge in [0.15, 0.2) is 0 Å². The normalized spacial score (nSPS) is 25.8. The number of hydrogen-bond acceptors (Lipinski definition) is 5. The summed E-state index contributed by atoms with van der Waals surface area (Å²) < 4.78 is 1.20. The molecule has 20 heavy (non-hydrogen) atoms. The molecule has 2 saturated heterocycles. The molecule has 2 aliphatic rings. The van der Waals surface area contributed by atoms with Crippen molar-refractivity contribution >= 4 is 17.3 Å². The average molecular weight is 299 g/mol. The van der Waals surface area contributed by atoms with Crippen LogP contribution < -0.4 is 15.8 Å². The van der Waals surface area contributed by atoms with Gasteiger partial charge in [-0.15, -0.1) is 0 Å². The highest BCUT2D eigenvalue weighted by atomic mass is 35.5. The van der Waals surface area contributed by atoms with Gasteiger partial charge in [-0.1, -0.05) is 11.6 Å². The van der Waals surface area contributed by atoms with E-state index in [2.05, 4.69) is 15.3 Å². The van der Waals surface area contributed by atoms with Gasteiger partial charge in [0.2, 0.25) is 0 Å². The predicted molar refractivity (Wildman–Crippen MR) is 77.3 cm³/mol. The van der Waals surface area contributed by atoms with Gasteiger partial charge in [0.25, 0.3) is 5.56 Å². The molecule has 3 rings (SSSR count). The van der Waals surface area contributed by atoms with Crippen molar-refractivity contribution in [1.29, 1.82) is 0 Å². The quantitative estimate of drug-likeness (QED) is 0.827. The van der Waals surface area contributed by atoms with Gasteiger partial charge >= 0.3 is 0 Å². The minimum Gasteiger partial charge on any atom is -0.394 e. The zero-order chi connectivity index (χ0) is 14.1. The summed E-state index contributed by atoms with van der Waals surface area (Å²) in [5.41, 5.74) is 0.378. The molecule has 2 atom stereocenters. The highest BCUT2D eigenvalue weighted by Crippen LogP contribution is 2.31. The summed E-state index contributed by atoms with van der Waals surface area (Å²) in [5.74, 6) is 0.625. The topological polar surface area (TPSA) is 70.4 Å². The smallest absolute Gasteiger partial charge is 0.287 e. The van der Waals surface area contributed by atoms with Crippen LogP contribution in [0.2, 0.25) is 5.02 Å². The average Bonchev–Trinajstić information content (AvgIpc) is 2.88. The molecular formula is C13H19ClN4O2. The van der Waals surface area contributed by atoms with Crippen molar-refractivity contribution < 1.29 is 5.11 Å². The number of rotatable bonds is 3. The Balaban J connectivity index is 1.84. The Morgan fingerprint density at radius 3 is 3.10 bits per heavy atom. The molecule has 0 saturated carbocycles. The molecule has 0 unspecified atom stereocenters. The van der Waals surface area contributed by atoms with Crippen molar-refractivity contribution in [2.45, 2.75) is 25.4 Å². The second-order valence-corrected chi connectivity index (χ2v) is 5.84. The molecule has 3 heterocycles. The molecule has 2 N–H and O–H groups in total. The molecular weight excluding hydrogens is 280 g/mol. The lowest BCUT2D eigenvalue weighted by molar-refractivity contribution is 0.266. The Kier molecular flexibility index (Phi) is 3.96. The lowest BCUT2D eigenvalue weighted by Crippen LogP contribution is -2.40. The number of aromatic nitrogens is 2. The molecule has 0 aromatic carbocycles. The van der Waals surface area contributed by atoms with E-state index >= 15 is 0 Å². The molecule has 0 radical (unpaired) electrons. The van der Waals surface area contributed by atoms with Crippen molar-refractivity contribution in [3.8, 4) is 0 Å². The molecule has 0 amide bonds. The van der Waals surface area contributed by atoms with Crippen LogP contribution in [-0.4, -0.2) is 47.2 Å². The first-order valence-electron chi connectivity index (χ1n) is 7.05. The zero-order valence-electron chi connectivity index (χ0n) is 11.3. The van der Waals surface area contributed by atoms with Crippen LogP contribution in [0, 0.1) is 5.92 Å². The number of piperidine rings is 1. The van der Waals surface area contributed by atoms with Gasteiger partial charge in [-0.05, 0) is 25.3 Å². The maximum absolute atomic E-state index is 12.1. The summed E-state index contributed by atoms with van der Waals surface area (Å²) >= 11 is 6.19. The monoisotopic (exact) mass is 298 g/mol. The van der Waals surface area contributed by atoms with Crippen LogP contribution in [0.4, 0.5) is 5.69 Å². The summed E-state index contributed by atoms with van der Waals surface area (Å²) in [5, 5.41) is 16.7. The van der Waals surface area contributed by atoms with Gasteiger partial charge in [-0.3, -0.25) is 4.79 Å². The summed E-state index contributed by atoms with van der Waals surface area (Å²) in [6.45, 7) is 2.91. The predicted octanol–water partition coefficient (Wildman–Crippen LogP) is 0.0772. The molecule has 7 heteroatoms. The zero-order valence-corrected chi connectivity index (χ0v) is 12.0. The van der Waals surface area contributed by atoms with Crippen molar-refractivity contribution in [2.75, 3.05) is 31.1 Å². The van der Waals surface area contributed by atoms with Crippen LogP contribution >= 0.6 is 11.6 Å². The highest BCUT2D eigenvalue weighted by molar-refractivity contribution is 6.33. The summed E-state index contributed by atoms with van der Waals surface area (Å²) in [7, 11) is 0. The van der Waals surface area contributed by atoms with Gasteiger partial charge in [-0.2, -0.15) is 5.10 Å². The first kappa shape index (κ1) is 13.9. The fraction of sp³-hybridized carbons (Fsp3) is 0.692. The SMILES string of the molecule is O=c1c(Cl)c(N2C[C@@H]3CCCN[C@@H]3C2)cnn1CCO. The highest BCUT2D eigenvalue weighted by Gasteiger charge is 2.35. The van der Waals surface area contributed by atoms with E-state index in [0.29, 0.717) is 17.6 Å². The Labute approximate surface area is 122 Å². The third-order valence-corrected chi connectivity index (χ3v) is 4.57. The Bertz CT molecular complexity index is 534. The summed E-state index contributed by atoms with van der Waals surface area (Å²) in [4.78, 5) is 14.2. The van der Waals surface area contributed by atoms with E-state index < -0.39 is 0 Å². The Morgan fingerprint density at radius 1 is 1.50 bits per heavy atom. The molecule has 2 aliphatic heterocycles. The van der Waals surface area contributed by atoms with Crippen LogP contribution in [0.3, 0.4) is 0 Å². The van der Waals surface area contributed by atoms with Crippen LogP contribution in [0.25, 0.3) is 0 Å². The van der Waals surface area contributed by atoms with Crippen molar-refractivity contribution in [2.24, 2.45) is 5.92 Å². The van der Waals surface area contributed by atoms with E-state index in [1.165, 1.54) is 17.5 Å². The molecule has 1 aromatic rings. The van der Waals surface area contributed by atoms with Gasteiger partial charge in [0, 0.05) is 19.1 Å². The maximum Gasteiger partial charge on any atom is 0.287 e. The van der Waals surface area contributed by atoms with Gasteiger partial charge < -0.3 is 15.3 Å². The fourth-order valence-electron chi connectivity index (χ4n) is 3.17. The molecule has 110 valence electrons. The van der Waals surface area contributed by atoms with E-state index in [0.717, 1.165) is 19.6 Å². The van der Waals surface area contributed by atoms with Gasteiger partial charge in [0.05, 0.1) is 25.0 Å². The standard InChI is InChI=1S/C13H19ClN4O2/c14-12-11(6-16-18(4-5-19)13(12)20)17-7-9-2-1-3-15-10(9)8-17/h6,9-10,15,19H,1-5,7-8H2/t9-,10+/m0/s1. The number of aliphatic hydroxyl groups excluding tert-OH is 1. The van der Waals surface area contributed by atoms with Gasteiger partial charge in [-0.25, -0.2) is 4.68 Å². The lowest BCUT2D eigenvalue weighted by atomic mass is 9.94. The second-order valence-electron chi connectivity index (χ2n) is 5.46. The molecule has 6 nitrogen and oxygen atoms in total. The number of halogens is 1. The number of anilines is 1. The number of hydrogen-bond donors (Lipinski definition) is 2. The molecule has 0 bridgehead atoms. The summed E-state index contributed by atoms with van der Waals surface area (Å²) in [6, 6.07) is 0.486. The largest absolute Gasteiger partial charge is 0.394 e. The van der Waals surface area contributed by atoms with Crippen molar-refractivity contribution in [1.82, 2.24) is 15.1 Å². The third-order valence-electron chi connectivity index (χ3n) is 4.22. The maximum atomic E-state index is 12.1. The number of fused-ring (bicyclic) bond motifs is 1. The fourth-order valence-corrected chi connectivity index (χ4v) is 3.44. The van der Waals surface area contributed by atoms with Crippen LogP contribution in [-0.2, 0) is 6.54 Å². The third kappa shape index (κ3) is 2.43. The Hall–Kier alpha value is -1.11. The number of nitrogens with zero attached hydrogens (tertiary/aromatic N) is 3. The first-order valence-corrected chi connectivity index (χ1v) is 7.43. The van der Waals surface area contributed by atoms with Crippen molar-refractivity contribution in [3.63, 3.8) is 0 Å². The Morgan fingerprint density at radius 2 is 2.35 bits per heavy atom. The lowest BCUT2D eigenvalue weighted by Gasteiger charge is -2.24. The molecule has 2 fully saturated rings. The minimum absolute atomic E-state index is 0.125. The van der Waals surface area contributed by atoms with E-state index in [4.69, 9.17) is 16.7 Å². The van der Waals surface area contributed by atoms with Crippen LogP contribution in [0.1, 0.15) is 12.8 Å². The number of aliphatic hydroxyl groups is 1. The van der Waals surface area contributed by atoms with Crippen LogP contribution in [0.5, 0.6) is 0 Å². The first-order chi connectivity index (χ1) is 9.70. The van der Waals surface area contributed by atoms with E-state index in [1.807, 2.05) is 0 Å². The minimum atomic E-state index is -0.332. The molecule has 0 spiro atoms. The van der Waals surface area contributed by atoms with Crippen molar-refractivity contribution in [3.05, 3.63) is 21.6 Å². The molecule has 0 aliphatic carbocycles. The van der Waals surface area contributed by atoms with E-state index in [-0.39, 0.29) is 23.7 Å².